The number of rotatable bonds is 4. The second-order valence-corrected chi connectivity index (χ2v) is 9.61. The highest BCUT2D eigenvalue weighted by Gasteiger charge is 2.55. The maximum atomic E-state index is 13.1. The molecule has 3 aliphatic rings. The first kappa shape index (κ1) is 22.5. The van der Waals surface area contributed by atoms with Gasteiger partial charge >= 0.3 is 6.03 Å². The Morgan fingerprint density at radius 1 is 1.15 bits per heavy atom. The summed E-state index contributed by atoms with van der Waals surface area (Å²) in [6.07, 6.45) is 5.18. The van der Waals surface area contributed by atoms with E-state index in [4.69, 9.17) is 0 Å². The lowest BCUT2D eigenvalue weighted by Crippen LogP contribution is -2.54. The molecule has 2 aromatic rings. The molecule has 4 amide bonds. The maximum absolute atomic E-state index is 13.1. The molecule has 5 rings (SSSR count). The van der Waals surface area contributed by atoms with Gasteiger partial charge in [-0.05, 0) is 30.9 Å². The van der Waals surface area contributed by atoms with Crippen LogP contribution in [-0.2, 0) is 16.1 Å². The topological polar surface area (TPSA) is 107 Å². The molecule has 0 aromatic carbocycles. The number of piperazine rings is 1. The highest BCUT2D eigenvalue weighted by molar-refractivity contribution is 6.09. The lowest BCUT2D eigenvalue weighted by atomic mass is 9.73. The molecule has 1 spiro atoms. The van der Waals surface area contributed by atoms with Crippen LogP contribution in [-0.4, -0.2) is 80.2 Å². The summed E-state index contributed by atoms with van der Waals surface area (Å²) >= 11 is 0. The van der Waals surface area contributed by atoms with Crippen molar-refractivity contribution in [1.29, 1.82) is 0 Å². The Kier molecular flexibility index (Phi) is 5.85. The first-order chi connectivity index (χ1) is 16.4. The van der Waals surface area contributed by atoms with Gasteiger partial charge in [0.15, 0.2) is 0 Å². The normalized spacial score (nSPS) is 25.9. The highest BCUT2D eigenvalue weighted by Crippen LogP contribution is 2.38. The van der Waals surface area contributed by atoms with E-state index in [-0.39, 0.29) is 29.8 Å². The van der Waals surface area contributed by atoms with Crippen LogP contribution < -0.4 is 10.9 Å². The minimum atomic E-state index is -0.847. The van der Waals surface area contributed by atoms with Gasteiger partial charge in [-0.2, -0.15) is 0 Å². The third-order valence-corrected chi connectivity index (χ3v) is 7.53. The van der Waals surface area contributed by atoms with Gasteiger partial charge in [-0.15, -0.1) is 0 Å². The van der Waals surface area contributed by atoms with Crippen molar-refractivity contribution in [2.45, 2.75) is 44.7 Å². The fraction of sp³-hybridized carbons (Fsp3) is 0.542. The van der Waals surface area contributed by atoms with E-state index in [0.29, 0.717) is 50.5 Å². The van der Waals surface area contributed by atoms with E-state index in [1.807, 2.05) is 13.0 Å². The van der Waals surface area contributed by atoms with Gasteiger partial charge < -0.3 is 10.2 Å². The summed E-state index contributed by atoms with van der Waals surface area (Å²) < 4.78 is 1.51. The van der Waals surface area contributed by atoms with Crippen molar-refractivity contribution in [2.24, 2.45) is 5.92 Å². The minimum absolute atomic E-state index is 0.0677. The van der Waals surface area contributed by atoms with Crippen LogP contribution in [0, 0.1) is 5.92 Å². The molecule has 2 aromatic heterocycles. The molecule has 1 saturated carbocycles. The van der Waals surface area contributed by atoms with Gasteiger partial charge in [0.05, 0.1) is 5.69 Å². The first-order valence-corrected chi connectivity index (χ1v) is 12.0. The van der Waals surface area contributed by atoms with E-state index < -0.39 is 11.6 Å². The molecule has 0 unspecified atom stereocenters. The summed E-state index contributed by atoms with van der Waals surface area (Å²) in [6, 6.07) is 6.53. The number of imide groups is 1. The zero-order valence-corrected chi connectivity index (χ0v) is 19.4. The predicted octanol–water partition coefficient (Wildman–Crippen LogP) is 0.839. The Morgan fingerprint density at radius 2 is 1.94 bits per heavy atom. The smallest absolute Gasteiger partial charge is 0.325 e. The Labute approximate surface area is 197 Å². The lowest BCUT2D eigenvalue weighted by Gasteiger charge is -2.37. The van der Waals surface area contributed by atoms with Crippen molar-refractivity contribution in [3.63, 3.8) is 0 Å². The van der Waals surface area contributed by atoms with Gasteiger partial charge in [-0.25, -0.2) is 9.78 Å². The Bertz CT molecular complexity index is 1190. The zero-order valence-electron chi connectivity index (χ0n) is 19.4. The Morgan fingerprint density at radius 3 is 2.71 bits per heavy atom. The number of carbonyl (C=O) groups is 3. The number of nitrogens with zero attached hydrogens (tertiary/aromatic N) is 5. The number of urea groups is 1. The SMILES string of the molecule is C[C@H]1CCCC[C@]12NC(=O)N(CC(=O)N1CCN(Cc3cc(=O)n4ccccc4n3)CC1)C2=O. The third-order valence-electron chi connectivity index (χ3n) is 7.53. The molecule has 1 aliphatic carbocycles. The molecule has 2 aliphatic heterocycles. The predicted molar refractivity (Wildman–Crippen MR) is 124 cm³/mol. The summed E-state index contributed by atoms with van der Waals surface area (Å²) in [6.45, 7) is 4.55. The van der Waals surface area contributed by atoms with Crippen molar-refractivity contribution in [1.82, 2.24) is 29.4 Å². The summed E-state index contributed by atoms with van der Waals surface area (Å²) in [4.78, 5) is 60.5. The lowest BCUT2D eigenvalue weighted by molar-refractivity contribution is -0.141. The number of pyridine rings is 1. The number of amides is 4. The number of fused-ring (bicyclic) bond motifs is 1. The molecule has 1 N–H and O–H groups in total. The summed E-state index contributed by atoms with van der Waals surface area (Å²) in [5.41, 5.74) is 0.340. The van der Waals surface area contributed by atoms with Crippen molar-refractivity contribution in [3.05, 3.63) is 46.5 Å². The monoisotopic (exact) mass is 466 g/mol. The van der Waals surface area contributed by atoms with Crippen LogP contribution in [0.15, 0.2) is 35.3 Å². The van der Waals surface area contributed by atoms with Crippen LogP contribution in [0.4, 0.5) is 4.79 Å². The van der Waals surface area contributed by atoms with Crippen LogP contribution >= 0.6 is 0 Å². The number of nitrogens with one attached hydrogen (secondary N) is 1. The van der Waals surface area contributed by atoms with Crippen molar-refractivity contribution >= 4 is 23.5 Å². The maximum Gasteiger partial charge on any atom is 0.325 e. The minimum Gasteiger partial charge on any atom is -0.339 e. The molecule has 0 radical (unpaired) electrons. The fourth-order valence-electron chi connectivity index (χ4n) is 5.44. The van der Waals surface area contributed by atoms with Crippen molar-refractivity contribution in [2.75, 3.05) is 32.7 Å². The average Bonchev–Trinajstić information content (AvgIpc) is 3.06. The summed E-state index contributed by atoms with van der Waals surface area (Å²) in [7, 11) is 0. The molecule has 180 valence electrons. The van der Waals surface area contributed by atoms with Crippen molar-refractivity contribution < 1.29 is 14.4 Å². The van der Waals surface area contributed by atoms with E-state index >= 15 is 0 Å². The van der Waals surface area contributed by atoms with Crippen LogP contribution in [0.25, 0.3) is 5.65 Å². The Hall–Kier alpha value is -3.27. The van der Waals surface area contributed by atoms with Crippen molar-refractivity contribution in [3.8, 4) is 0 Å². The third kappa shape index (κ3) is 3.96. The quantitative estimate of drug-likeness (QED) is 0.670. The number of hydrogen-bond acceptors (Lipinski definition) is 6. The molecule has 34 heavy (non-hydrogen) atoms. The van der Waals surface area contributed by atoms with E-state index in [0.717, 1.165) is 24.2 Å². The second kappa shape index (κ2) is 8.83. The van der Waals surface area contributed by atoms with Gasteiger partial charge in [0.2, 0.25) is 5.91 Å². The number of carbonyl (C=O) groups excluding carboxylic acids is 3. The molecular formula is C24H30N6O4. The van der Waals surface area contributed by atoms with E-state index in [9.17, 15) is 19.2 Å². The van der Waals surface area contributed by atoms with Crippen LogP contribution in [0.5, 0.6) is 0 Å². The first-order valence-electron chi connectivity index (χ1n) is 12.0. The standard InChI is InChI=1S/C24H30N6O4/c1-17-6-2-4-8-24(17)22(33)30(23(34)26-24)16-21(32)28-12-10-27(11-13-28)15-18-14-20(31)29-9-5-3-7-19(29)25-18/h3,5,7,9,14,17H,2,4,6,8,10-13,15-16H2,1H3,(H,26,34)/t17-,24-/m0/s1. The van der Waals surface area contributed by atoms with Crippen LogP contribution in [0.2, 0.25) is 0 Å². The number of hydrogen-bond donors (Lipinski definition) is 1. The molecule has 2 saturated heterocycles. The molecule has 0 bridgehead atoms. The van der Waals surface area contributed by atoms with E-state index in [2.05, 4.69) is 15.2 Å². The van der Waals surface area contributed by atoms with Gasteiger partial charge in [-0.3, -0.25) is 28.6 Å². The number of aromatic nitrogens is 2. The van der Waals surface area contributed by atoms with Crippen LogP contribution in [0.1, 0.15) is 38.3 Å². The molecular weight excluding hydrogens is 436 g/mol. The molecule has 10 heteroatoms. The van der Waals surface area contributed by atoms with E-state index in [1.54, 1.807) is 29.3 Å². The average molecular weight is 467 g/mol. The molecule has 10 nitrogen and oxygen atoms in total. The fourth-order valence-corrected chi connectivity index (χ4v) is 5.44. The molecule has 3 fully saturated rings. The summed E-state index contributed by atoms with van der Waals surface area (Å²) in [5.74, 6) is -0.408. The van der Waals surface area contributed by atoms with Crippen LogP contribution in [0.3, 0.4) is 0 Å². The molecule has 2 atom stereocenters. The summed E-state index contributed by atoms with van der Waals surface area (Å²) in [5, 5.41) is 2.90. The van der Waals surface area contributed by atoms with Gasteiger partial charge in [-0.1, -0.05) is 25.8 Å². The molecule has 4 heterocycles. The van der Waals surface area contributed by atoms with Gasteiger partial charge in [0.25, 0.3) is 11.5 Å². The zero-order chi connectivity index (χ0) is 23.9. The Balaban J connectivity index is 1.18. The van der Waals surface area contributed by atoms with Gasteiger partial charge in [0.1, 0.15) is 17.7 Å². The second-order valence-electron chi connectivity index (χ2n) is 9.61. The largest absolute Gasteiger partial charge is 0.339 e. The van der Waals surface area contributed by atoms with Gasteiger partial charge in [0, 0.05) is 45.0 Å². The van der Waals surface area contributed by atoms with E-state index in [1.165, 1.54) is 4.40 Å². The highest BCUT2D eigenvalue weighted by atomic mass is 16.2.